The minimum absolute atomic E-state index is 0.119. The highest BCUT2D eigenvalue weighted by molar-refractivity contribution is 5.90. The van der Waals surface area contributed by atoms with Crippen molar-refractivity contribution in [2.24, 2.45) is 0 Å². The summed E-state index contributed by atoms with van der Waals surface area (Å²) in [4.78, 5) is 11.8. The normalized spacial score (nSPS) is 10.5. The quantitative estimate of drug-likeness (QED) is 0.921. The van der Waals surface area contributed by atoms with E-state index in [1.165, 1.54) is 24.3 Å². The molecule has 2 aromatic rings. The molecule has 0 saturated carbocycles. The first-order valence-electron chi connectivity index (χ1n) is 6.03. The van der Waals surface area contributed by atoms with E-state index in [2.05, 4.69) is 10.5 Å². The van der Waals surface area contributed by atoms with E-state index < -0.39 is 0 Å². The minimum atomic E-state index is -0.325. The van der Waals surface area contributed by atoms with E-state index in [0.717, 1.165) is 17.0 Å². The molecule has 1 N–H and O–H groups in total. The van der Waals surface area contributed by atoms with Crippen molar-refractivity contribution >= 4 is 11.6 Å². The average Bonchev–Trinajstić information content (AvgIpc) is 2.70. The van der Waals surface area contributed by atoms with Gasteiger partial charge in [-0.2, -0.15) is 0 Å². The molecule has 0 spiro atoms. The number of hydrogen-bond donors (Lipinski definition) is 1. The van der Waals surface area contributed by atoms with E-state index in [1.807, 2.05) is 13.8 Å². The maximum Gasteiger partial charge on any atom is 0.224 e. The molecule has 0 bridgehead atoms. The van der Waals surface area contributed by atoms with Gasteiger partial charge in [0.2, 0.25) is 5.91 Å². The molecule has 0 aliphatic carbocycles. The van der Waals surface area contributed by atoms with Crippen LogP contribution in [0, 0.1) is 19.7 Å². The van der Waals surface area contributed by atoms with Gasteiger partial charge in [-0.15, -0.1) is 0 Å². The molecular weight excluding hydrogens is 247 g/mol. The highest BCUT2D eigenvalue weighted by atomic mass is 19.1. The van der Waals surface area contributed by atoms with Crippen molar-refractivity contribution in [1.29, 1.82) is 0 Å². The monoisotopic (exact) mass is 262 g/mol. The number of nitrogens with zero attached hydrogens (tertiary/aromatic N) is 1. The molecule has 2 rings (SSSR count). The number of aryl methyl sites for hydroxylation is 2. The number of benzene rings is 1. The SMILES string of the molecule is Cc1noc(C)c1CCC(=O)Nc1ccc(F)cc1. The summed E-state index contributed by atoms with van der Waals surface area (Å²) in [5.74, 6) is 0.299. The Kier molecular flexibility index (Phi) is 3.94. The van der Waals surface area contributed by atoms with E-state index >= 15 is 0 Å². The standard InChI is InChI=1S/C14H15FN2O2/c1-9-13(10(2)19-17-9)7-8-14(18)16-12-5-3-11(15)4-6-12/h3-6H,7-8H2,1-2H3,(H,16,18). The van der Waals surface area contributed by atoms with Gasteiger partial charge in [-0.1, -0.05) is 5.16 Å². The van der Waals surface area contributed by atoms with E-state index in [9.17, 15) is 9.18 Å². The summed E-state index contributed by atoms with van der Waals surface area (Å²) >= 11 is 0. The molecule has 1 aromatic carbocycles. The number of carbonyl (C=O) groups is 1. The third-order valence-electron chi connectivity index (χ3n) is 2.91. The molecule has 0 aliphatic rings. The summed E-state index contributed by atoms with van der Waals surface area (Å²) < 4.78 is 17.8. The summed E-state index contributed by atoms with van der Waals surface area (Å²) in [6, 6.07) is 5.68. The van der Waals surface area contributed by atoms with Crippen LogP contribution in [0.2, 0.25) is 0 Å². The molecule has 1 aromatic heterocycles. The highest BCUT2D eigenvalue weighted by Gasteiger charge is 2.11. The minimum Gasteiger partial charge on any atom is -0.361 e. The van der Waals surface area contributed by atoms with Crippen molar-refractivity contribution in [1.82, 2.24) is 5.16 Å². The molecule has 0 radical (unpaired) electrons. The first kappa shape index (κ1) is 13.3. The van der Waals surface area contributed by atoms with Crippen LogP contribution in [0.25, 0.3) is 0 Å². The van der Waals surface area contributed by atoms with Gasteiger partial charge in [-0.05, 0) is 44.5 Å². The summed E-state index contributed by atoms with van der Waals surface area (Å²) in [5, 5.41) is 6.55. The number of hydrogen-bond acceptors (Lipinski definition) is 3. The van der Waals surface area contributed by atoms with E-state index in [4.69, 9.17) is 4.52 Å². The second-order valence-corrected chi connectivity index (χ2v) is 4.36. The Bertz CT molecular complexity index is 556. The van der Waals surface area contributed by atoms with Crippen LogP contribution in [-0.2, 0) is 11.2 Å². The molecule has 0 unspecified atom stereocenters. The molecule has 4 nitrogen and oxygen atoms in total. The fourth-order valence-corrected chi connectivity index (χ4v) is 1.85. The summed E-state index contributed by atoms with van der Waals surface area (Å²) in [6.07, 6.45) is 0.911. The Morgan fingerprint density at radius 3 is 2.58 bits per heavy atom. The molecule has 0 aliphatic heterocycles. The van der Waals surface area contributed by atoms with Crippen LogP contribution in [0.15, 0.2) is 28.8 Å². The highest BCUT2D eigenvalue weighted by Crippen LogP contribution is 2.15. The van der Waals surface area contributed by atoms with Gasteiger partial charge in [0.1, 0.15) is 11.6 Å². The van der Waals surface area contributed by atoms with E-state index in [-0.39, 0.29) is 11.7 Å². The predicted molar refractivity (Wildman–Crippen MR) is 69.3 cm³/mol. The third kappa shape index (κ3) is 3.40. The zero-order valence-corrected chi connectivity index (χ0v) is 10.9. The zero-order valence-electron chi connectivity index (χ0n) is 10.9. The third-order valence-corrected chi connectivity index (χ3v) is 2.91. The topological polar surface area (TPSA) is 55.1 Å². The molecule has 1 heterocycles. The van der Waals surface area contributed by atoms with E-state index in [1.54, 1.807) is 0 Å². The summed E-state index contributed by atoms with van der Waals surface area (Å²) in [5.41, 5.74) is 2.37. The molecule has 19 heavy (non-hydrogen) atoms. The van der Waals surface area contributed by atoms with Crippen LogP contribution >= 0.6 is 0 Å². The second kappa shape index (κ2) is 5.65. The van der Waals surface area contributed by atoms with Crippen LogP contribution in [0.1, 0.15) is 23.4 Å². The van der Waals surface area contributed by atoms with Crippen LogP contribution in [0.5, 0.6) is 0 Å². The average molecular weight is 262 g/mol. The summed E-state index contributed by atoms with van der Waals surface area (Å²) in [7, 11) is 0. The van der Waals surface area contributed by atoms with Gasteiger partial charge >= 0.3 is 0 Å². The number of halogens is 1. The van der Waals surface area contributed by atoms with Crippen LogP contribution in [0.3, 0.4) is 0 Å². The van der Waals surface area contributed by atoms with Gasteiger partial charge in [0.05, 0.1) is 5.69 Å². The Morgan fingerprint density at radius 2 is 2.00 bits per heavy atom. The van der Waals surface area contributed by atoms with E-state index in [0.29, 0.717) is 18.5 Å². The van der Waals surface area contributed by atoms with Crippen molar-refractivity contribution in [3.63, 3.8) is 0 Å². The number of carbonyl (C=O) groups excluding carboxylic acids is 1. The number of rotatable bonds is 4. The maximum absolute atomic E-state index is 12.7. The Morgan fingerprint density at radius 1 is 1.32 bits per heavy atom. The predicted octanol–water partition coefficient (Wildman–Crippen LogP) is 3.00. The molecule has 0 fully saturated rings. The van der Waals surface area contributed by atoms with Crippen molar-refractivity contribution in [3.8, 4) is 0 Å². The number of amides is 1. The van der Waals surface area contributed by atoms with Gasteiger partial charge in [0.25, 0.3) is 0 Å². The van der Waals surface area contributed by atoms with Gasteiger partial charge in [-0.25, -0.2) is 4.39 Å². The smallest absolute Gasteiger partial charge is 0.224 e. The molecule has 0 saturated heterocycles. The second-order valence-electron chi connectivity index (χ2n) is 4.36. The molecule has 5 heteroatoms. The van der Waals surface area contributed by atoms with Gasteiger partial charge in [-0.3, -0.25) is 4.79 Å². The van der Waals surface area contributed by atoms with Crippen molar-refractivity contribution < 1.29 is 13.7 Å². The molecule has 100 valence electrons. The Labute approximate surface area is 110 Å². The fourth-order valence-electron chi connectivity index (χ4n) is 1.85. The lowest BCUT2D eigenvalue weighted by Crippen LogP contribution is -2.12. The van der Waals surface area contributed by atoms with Crippen LogP contribution in [-0.4, -0.2) is 11.1 Å². The van der Waals surface area contributed by atoms with Gasteiger partial charge in [0, 0.05) is 17.7 Å². The number of anilines is 1. The fraction of sp³-hybridized carbons (Fsp3) is 0.286. The van der Waals surface area contributed by atoms with Gasteiger partial charge in [0.15, 0.2) is 0 Å². The lowest BCUT2D eigenvalue weighted by atomic mass is 10.1. The molecule has 0 atom stereocenters. The largest absolute Gasteiger partial charge is 0.361 e. The summed E-state index contributed by atoms with van der Waals surface area (Å²) in [6.45, 7) is 3.68. The van der Waals surface area contributed by atoms with Crippen LogP contribution < -0.4 is 5.32 Å². The Balaban J connectivity index is 1.90. The number of nitrogens with one attached hydrogen (secondary N) is 1. The Hall–Kier alpha value is -2.17. The van der Waals surface area contributed by atoms with Gasteiger partial charge < -0.3 is 9.84 Å². The maximum atomic E-state index is 12.7. The van der Waals surface area contributed by atoms with Crippen molar-refractivity contribution in [2.45, 2.75) is 26.7 Å². The van der Waals surface area contributed by atoms with Crippen molar-refractivity contribution in [3.05, 3.63) is 47.1 Å². The van der Waals surface area contributed by atoms with Crippen LogP contribution in [0.4, 0.5) is 10.1 Å². The number of aromatic nitrogens is 1. The molecular formula is C14H15FN2O2. The first-order chi connectivity index (χ1) is 9.06. The zero-order chi connectivity index (χ0) is 13.8. The molecule has 1 amide bonds. The lowest BCUT2D eigenvalue weighted by molar-refractivity contribution is -0.116. The van der Waals surface area contributed by atoms with Crippen molar-refractivity contribution in [2.75, 3.05) is 5.32 Å². The lowest BCUT2D eigenvalue weighted by Gasteiger charge is -2.04. The first-order valence-corrected chi connectivity index (χ1v) is 6.03.